The Labute approximate surface area is 134 Å². The molecule has 0 aliphatic carbocycles. The van der Waals surface area contributed by atoms with E-state index in [4.69, 9.17) is 11.6 Å². The molecule has 0 saturated heterocycles. The Morgan fingerprint density at radius 2 is 2.05 bits per heavy atom. The first-order valence-corrected chi connectivity index (χ1v) is 8.30. The molecule has 0 saturated carbocycles. The van der Waals surface area contributed by atoms with Gasteiger partial charge in [-0.05, 0) is 40.2 Å². The molecule has 5 nitrogen and oxygen atoms in total. The summed E-state index contributed by atoms with van der Waals surface area (Å²) in [5, 5.41) is 2.89. The molecule has 0 bridgehead atoms. The summed E-state index contributed by atoms with van der Waals surface area (Å²) in [5.74, 6) is -0.194. The summed E-state index contributed by atoms with van der Waals surface area (Å²) in [4.78, 5) is 3.77. The molecule has 1 aromatic heterocycles. The predicted octanol–water partition coefficient (Wildman–Crippen LogP) is 3.48. The number of nitrogens with zero attached hydrogens (tertiary/aromatic N) is 1. The first-order valence-electron chi connectivity index (χ1n) is 5.64. The molecule has 0 fully saturated rings. The first-order chi connectivity index (χ1) is 9.83. The second-order valence-corrected chi connectivity index (χ2v) is 6.93. The van der Waals surface area contributed by atoms with Crippen molar-refractivity contribution in [2.24, 2.45) is 0 Å². The Balaban J connectivity index is 2.38. The number of hydrogen-bond acceptors (Lipinski definition) is 4. The SMILES string of the molecule is CNc1ncc(S(=O)(=O)Nc2cc(F)ccc2Br)cc1Cl. The van der Waals surface area contributed by atoms with Crippen LogP contribution in [0.15, 0.2) is 39.8 Å². The number of sulfonamides is 1. The Bertz CT molecular complexity index is 786. The molecule has 0 atom stereocenters. The second kappa shape index (κ2) is 6.17. The number of aromatic nitrogens is 1. The fourth-order valence-corrected chi connectivity index (χ4v) is 3.37. The van der Waals surface area contributed by atoms with Gasteiger partial charge in [-0.3, -0.25) is 4.72 Å². The topological polar surface area (TPSA) is 71.1 Å². The molecule has 1 heterocycles. The minimum absolute atomic E-state index is 0.0869. The van der Waals surface area contributed by atoms with Gasteiger partial charge in [-0.1, -0.05) is 11.6 Å². The summed E-state index contributed by atoms with van der Waals surface area (Å²) < 4.78 is 40.4. The van der Waals surface area contributed by atoms with Crippen LogP contribution in [0.5, 0.6) is 0 Å². The highest BCUT2D eigenvalue weighted by Gasteiger charge is 2.18. The number of hydrogen-bond donors (Lipinski definition) is 2. The summed E-state index contributed by atoms with van der Waals surface area (Å²) in [6, 6.07) is 4.94. The van der Waals surface area contributed by atoms with Gasteiger partial charge in [-0.15, -0.1) is 0 Å². The van der Waals surface area contributed by atoms with Crippen molar-refractivity contribution in [1.29, 1.82) is 0 Å². The lowest BCUT2D eigenvalue weighted by Gasteiger charge is -2.11. The highest BCUT2D eigenvalue weighted by atomic mass is 79.9. The molecule has 0 spiro atoms. The standard InChI is InChI=1S/C12H10BrClFN3O2S/c1-16-12-10(14)5-8(6-17-12)21(19,20)18-11-4-7(15)2-3-9(11)13/h2-6,18H,1H3,(H,16,17). The van der Waals surface area contributed by atoms with E-state index in [1.54, 1.807) is 7.05 Å². The van der Waals surface area contributed by atoms with Crippen molar-refractivity contribution in [3.8, 4) is 0 Å². The third kappa shape index (κ3) is 3.63. The van der Waals surface area contributed by atoms with E-state index in [0.29, 0.717) is 10.3 Å². The smallest absolute Gasteiger partial charge is 0.263 e. The number of rotatable bonds is 4. The van der Waals surface area contributed by atoms with E-state index < -0.39 is 15.8 Å². The fraction of sp³-hybridized carbons (Fsp3) is 0.0833. The van der Waals surface area contributed by atoms with Gasteiger partial charge in [0.25, 0.3) is 10.0 Å². The molecule has 2 N–H and O–H groups in total. The summed E-state index contributed by atoms with van der Waals surface area (Å²) in [5.41, 5.74) is 0.0869. The Morgan fingerprint density at radius 1 is 1.33 bits per heavy atom. The van der Waals surface area contributed by atoms with Crippen LogP contribution in [0, 0.1) is 5.82 Å². The van der Waals surface area contributed by atoms with Crippen LogP contribution in [0.3, 0.4) is 0 Å². The van der Waals surface area contributed by atoms with E-state index in [0.717, 1.165) is 12.3 Å². The van der Waals surface area contributed by atoms with Crippen molar-refractivity contribution < 1.29 is 12.8 Å². The van der Waals surface area contributed by atoms with Crippen molar-refractivity contribution in [2.75, 3.05) is 17.1 Å². The first kappa shape index (κ1) is 16.0. The van der Waals surface area contributed by atoms with Gasteiger partial charge in [-0.25, -0.2) is 17.8 Å². The molecule has 2 aromatic rings. The number of anilines is 2. The van der Waals surface area contributed by atoms with Gasteiger partial charge >= 0.3 is 0 Å². The van der Waals surface area contributed by atoms with Gasteiger partial charge < -0.3 is 5.32 Å². The molecule has 21 heavy (non-hydrogen) atoms. The third-order valence-corrected chi connectivity index (χ3v) is 4.85. The zero-order chi connectivity index (χ0) is 15.6. The predicted molar refractivity (Wildman–Crippen MR) is 83.7 cm³/mol. The lowest BCUT2D eigenvalue weighted by Crippen LogP contribution is -2.14. The van der Waals surface area contributed by atoms with E-state index in [-0.39, 0.29) is 15.6 Å². The van der Waals surface area contributed by atoms with E-state index >= 15 is 0 Å². The number of nitrogens with one attached hydrogen (secondary N) is 2. The number of benzene rings is 1. The van der Waals surface area contributed by atoms with E-state index in [1.807, 2.05) is 0 Å². The van der Waals surface area contributed by atoms with Gasteiger partial charge in [0.15, 0.2) is 0 Å². The van der Waals surface area contributed by atoms with Crippen LogP contribution in [-0.2, 0) is 10.0 Å². The molecule has 1 aromatic carbocycles. The Hall–Kier alpha value is -1.38. The summed E-state index contributed by atoms with van der Waals surface area (Å²) in [7, 11) is -2.31. The van der Waals surface area contributed by atoms with Crippen molar-refractivity contribution in [3.05, 3.63) is 45.8 Å². The van der Waals surface area contributed by atoms with Crippen molar-refractivity contribution in [1.82, 2.24) is 4.98 Å². The molecule has 0 aliphatic rings. The molecule has 2 rings (SSSR count). The van der Waals surface area contributed by atoms with Gasteiger partial charge in [0, 0.05) is 17.7 Å². The van der Waals surface area contributed by atoms with E-state index in [2.05, 4.69) is 31.0 Å². The highest BCUT2D eigenvalue weighted by molar-refractivity contribution is 9.10. The van der Waals surface area contributed by atoms with E-state index in [9.17, 15) is 12.8 Å². The maximum atomic E-state index is 13.2. The quantitative estimate of drug-likeness (QED) is 0.833. The maximum absolute atomic E-state index is 13.2. The van der Waals surface area contributed by atoms with Crippen LogP contribution in [0.1, 0.15) is 0 Å². The highest BCUT2D eigenvalue weighted by Crippen LogP contribution is 2.27. The lowest BCUT2D eigenvalue weighted by atomic mass is 10.3. The van der Waals surface area contributed by atoms with Crippen molar-refractivity contribution in [3.63, 3.8) is 0 Å². The van der Waals surface area contributed by atoms with Crippen LogP contribution in [0.2, 0.25) is 5.02 Å². The molecule has 0 aliphatic heterocycles. The Kier molecular flexibility index (Phi) is 4.70. The summed E-state index contributed by atoms with van der Waals surface area (Å²) in [6.45, 7) is 0. The summed E-state index contributed by atoms with van der Waals surface area (Å²) in [6.07, 6.45) is 1.16. The summed E-state index contributed by atoms with van der Waals surface area (Å²) >= 11 is 9.06. The zero-order valence-corrected chi connectivity index (χ0v) is 13.9. The van der Waals surface area contributed by atoms with Crippen LogP contribution >= 0.6 is 27.5 Å². The molecule has 9 heteroatoms. The van der Waals surface area contributed by atoms with Crippen molar-refractivity contribution >= 4 is 49.1 Å². The molecular formula is C12H10BrClFN3O2S. The zero-order valence-electron chi connectivity index (χ0n) is 10.7. The fourth-order valence-electron chi connectivity index (χ4n) is 1.53. The van der Waals surface area contributed by atoms with Crippen molar-refractivity contribution in [2.45, 2.75) is 4.90 Å². The second-order valence-electron chi connectivity index (χ2n) is 3.98. The van der Waals surface area contributed by atoms with Crippen LogP contribution in [-0.4, -0.2) is 20.4 Å². The Morgan fingerprint density at radius 3 is 2.67 bits per heavy atom. The lowest BCUT2D eigenvalue weighted by molar-refractivity contribution is 0.600. The largest absolute Gasteiger partial charge is 0.372 e. The molecule has 0 unspecified atom stereocenters. The molecular weight excluding hydrogens is 385 g/mol. The van der Waals surface area contributed by atoms with Crippen LogP contribution in [0.4, 0.5) is 15.9 Å². The number of pyridine rings is 1. The van der Waals surface area contributed by atoms with E-state index in [1.165, 1.54) is 18.2 Å². The number of halogens is 3. The molecule has 0 radical (unpaired) electrons. The molecule has 112 valence electrons. The van der Waals surface area contributed by atoms with Gasteiger partial charge in [0.05, 0.1) is 10.7 Å². The minimum Gasteiger partial charge on any atom is -0.372 e. The normalized spacial score (nSPS) is 11.2. The van der Waals surface area contributed by atoms with Crippen LogP contribution < -0.4 is 10.0 Å². The monoisotopic (exact) mass is 393 g/mol. The van der Waals surface area contributed by atoms with Crippen LogP contribution in [0.25, 0.3) is 0 Å². The third-order valence-electron chi connectivity index (χ3n) is 2.54. The van der Waals surface area contributed by atoms with Gasteiger partial charge in [-0.2, -0.15) is 0 Å². The minimum atomic E-state index is -3.92. The van der Waals surface area contributed by atoms with Gasteiger partial charge in [0.1, 0.15) is 16.5 Å². The maximum Gasteiger partial charge on any atom is 0.263 e. The molecule has 0 amide bonds. The average molecular weight is 395 g/mol. The average Bonchev–Trinajstić information content (AvgIpc) is 2.42. The van der Waals surface area contributed by atoms with Gasteiger partial charge in [0.2, 0.25) is 0 Å².